The Hall–Kier alpha value is -0.0500. The first-order valence-corrected chi connectivity index (χ1v) is 5.73. The lowest BCUT2D eigenvalue weighted by Gasteiger charge is -2.17. The molecule has 1 rings (SSSR count). The molecule has 5 N–H and O–H groups in total. The van der Waals surface area contributed by atoms with E-state index in [4.69, 9.17) is 24.7 Å². The number of phosphoric ester groups is 1. The predicted molar refractivity (Wildman–Crippen MR) is 45.5 cm³/mol. The molecule has 0 aromatic rings. The molecule has 90 valence electrons. The lowest BCUT2D eigenvalue weighted by molar-refractivity contribution is -0.142. The summed E-state index contributed by atoms with van der Waals surface area (Å²) in [5.74, 6) is 0. The standard InChI is InChI=1S/C6H13O8P/c7-2-4(9)5-1-3(8)6(13-5)14-15(10,11)12/h3-9H,1-2H2,(H2,10,11,12)/t3-,4-,5-,6-/m1/s1. The summed E-state index contributed by atoms with van der Waals surface area (Å²) in [6.45, 7) is -0.569. The molecule has 9 heteroatoms. The van der Waals surface area contributed by atoms with Crippen LogP contribution in [0.2, 0.25) is 0 Å². The van der Waals surface area contributed by atoms with Crippen molar-refractivity contribution in [3.05, 3.63) is 0 Å². The van der Waals surface area contributed by atoms with Crippen molar-refractivity contribution in [2.45, 2.75) is 31.0 Å². The van der Waals surface area contributed by atoms with E-state index in [0.717, 1.165) is 0 Å². The van der Waals surface area contributed by atoms with Gasteiger partial charge >= 0.3 is 7.82 Å². The van der Waals surface area contributed by atoms with Gasteiger partial charge in [0.05, 0.1) is 12.7 Å². The van der Waals surface area contributed by atoms with E-state index in [-0.39, 0.29) is 6.42 Å². The maximum absolute atomic E-state index is 10.4. The van der Waals surface area contributed by atoms with Gasteiger partial charge in [-0.15, -0.1) is 0 Å². The molecule has 4 atom stereocenters. The number of hydrogen-bond donors (Lipinski definition) is 5. The van der Waals surface area contributed by atoms with Gasteiger partial charge < -0.3 is 29.8 Å². The average molecular weight is 244 g/mol. The van der Waals surface area contributed by atoms with Crippen LogP contribution in [0.4, 0.5) is 0 Å². The van der Waals surface area contributed by atoms with Crippen LogP contribution < -0.4 is 0 Å². The molecule has 0 aromatic heterocycles. The zero-order valence-corrected chi connectivity index (χ0v) is 8.53. The fraction of sp³-hybridized carbons (Fsp3) is 1.00. The molecule has 1 heterocycles. The summed E-state index contributed by atoms with van der Waals surface area (Å²) in [6, 6.07) is 0. The Bertz CT molecular complexity index is 252. The lowest BCUT2D eigenvalue weighted by atomic mass is 10.1. The van der Waals surface area contributed by atoms with Crippen LogP contribution in [-0.2, 0) is 13.8 Å². The molecule has 8 nitrogen and oxygen atoms in total. The van der Waals surface area contributed by atoms with Crippen molar-refractivity contribution in [2.24, 2.45) is 0 Å². The van der Waals surface area contributed by atoms with Gasteiger partial charge in [0.15, 0.2) is 6.29 Å². The van der Waals surface area contributed by atoms with Crippen LogP contribution in [-0.4, -0.2) is 56.3 Å². The second-order valence-electron chi connectivity index (χ2n) is 3.19. The van der Waals surface area contributed by atoms with E-state index in [1.54, 1.807) is 0 Å². The van der Waals surface area contributed by atoms with Crippen molar-refractivity contribution >= 4 is 7.82 Å². The van der Waals surface area contributed by atoms with Gasteiger partial charge in [0.2, 0.25) is 0 Å². The van der Waals surface area contributed by atoms with Crippen LogP contribution >= 0.6 is 7.82 Å². The first-order chi connectivity index (χ1) is 6.83. The van der Waals surface area contributed by atoms with Crippen LogP contribution in [0.25, 0.3) is 0 Å². The minimum Gasteiger partial charge on any atom is -0.394 e. The highest BCUT2D eigenvalue weighted by Gasteiger charge is 2.41. The molecule has 0 aromatic carbocycles. The van der Waals surface area contributed by atoms with Gasteiger partial charge in [0, 0.05) is 6.42 Å². The number of aliphatic hydroxyl groups is 3. The smallest absolute Gasteiger partial charge is 0.394 e. The summed E-state index contributed by atoms with van der Waals surface area (Å²) in [5, 5.41) is 27.0. The van der Waals surface area contributed by atoms with Gasteiger partial charge in [-0.3, -0.25) is 4.52 Å². The zero-order valence-electron chi connectivity index (χ0n) is 7.63. The van der Waals surface area contributed by atoms with Crippen molar-refractivity contribution in [1.82, 2.24) is 0 Å². The number of hydrogen-bond acceptors (Lipinski definition) is 6. The predicted octanol–water partition coefficient (Wildman–Crippen LogP) is -2.08. The normalized spacial score (nSPS) is 34.3. The SMILES string of the molecule is O=P(O)(O)O[C@H]1O[C@@H]([C@H](O)CO)C[C@H]1O. The third kappa shape index (κ3) is 3.78. The van der Waals surface area contributed by atoms with Gasteiger partial charge in [0.25, 0.3) is 0 Å². The molecular weight excluding hydrogens is 231 g/mol. The highest BCUT2D eigenvalue weighted by atomic mass is 31.2. The van der Waals surface area contributed by atoms with E-state index in [1.807, 2.05) is 0 Å². The Balaban J connectivity index is 2.53. The molecule has 1 aliphatic rings. The number of ether oxygens (including phenoxy) is 1. The van der Waals surface area contributed by atoms with E-state index in [2.05, 4.69) is 4.52 Å². The summed E-state index contributed by atoms with van der Waals surface area (Å²) in [4.78, 5) is 16.9. The van der Waals surface area contributed by atoms with Crippen LogP contribution in [0.15, 0.2) is 0 Å². The average Bonchev–Trinajstić information content (AvgIpc) is 2.44. The maximum atomic E-state index is 10.4. The van der Waals surface area contributed by atoms with Crippen molar-refractivity contribution < 1.29 is 38.9 Å². The van der Waals surface area contributed by atoms with E-state index < -0.39 is 39.0 Å². The van der Waals surface area contributed by atoms with Gasteiger partial charge in [0.1, 0.15) is 12.2 Å². The number of rotatable bonds is 4. The maximum Gasteiger partial charge on any atom is 0.472 e. The van der Waals surface area contributed by atoms with E-state index in [0.29, 0.717) is 0 Å². The van der Waals surface area contributed by atoms with Crippen LogP contribution in [0.5, 0.6) is 0 Å². The van der Waals surface area contributed by atoms with Crippen LogP contribution in [0.1, 0.15) is 6.42 Å². The summed E-state index contributed by atoms with van der Waals surface area (Å²) in [5.41, 5.74) is 0. The van der Waals surface area contributed by atoms with Gasteiger partial charge in [-0.2, -0.15) is 0 Å². The highest BCUT2D eigenvalue weighted by molar-refractivity contribution is 7.46. The molecule has 0 spiro atoms. The second-order valence-corrected chi connectivity index (χ2v) is 4.38. The summed E-state index contributed by atoms with van der Waals surface area (Å²) >= 11 is 0. The van der Waals surface area contributed by atoms with Crippen LogP contribution in [0, 0.1) is 0 Å². The number of aliphatic hydroxyl groups excluding tert-OH is 3. The fourth-order valence-electron chi connectivity index (χ4n) is 1.26. The summed E-state index contributed by atoms with van der Waals surface area (Å²) in [7, 11) is -4.75. The summed E-state index contributed by atoms with van der Waals surface area (Å²) < 4.78 is 19.4. The monoisotopic (exact) mass is 244 g/mol. The molecular formula is C6H13O8P. The van der Waals surface area contributed by atoms with Gasteiger partial charge in [-0.25, -0.2) is 4.57 Å². The molecule has 0 aliphatic carbocycles. The molecule has 0 radical (unpaired) electrons. The van der Waals surface area contributed by atoms with Crippen molar-refractivity contribution in [3.8, 4) is 0 Å². The van der Waals surface area contributed by atoms with Crippen molar-refractivity contribution in [3.63, 3.8) is 0 Å². The second kappa shape index (κ2) is 4.86. The minimum absolute atomic E-state index is 0.0631. The molecule has 1 fully saturated rings. The molecule has 0 saturated carbocycles. The van der Waals surface area contributed by atoms with E-state index in [1.165, 1.54) is 0 Å². The van der Waals surface area contributed by atoms with Gasteiger partial charge in [-0.05, 0) is 0 Å². The Morgan fingerprint density at radius 3 is 2.60 bits per heavy atom. The van der Waals surface area contributed by atoms with E-state index >= 15 is 0 Å². The molecule has 15 heavy (non-hydrogen) atoms. The van der Waals surface area contributed by atoms with Crippen molar-refractivity contribution in [2.75, 3.05) is 6.61 Å². The Labute approximate surface area is 85.3 Å². The van der Waals surface area contributed by atoms with Crippen LogP contribution in [0.3, 0.4) is 0 Å². The largest absolute Gasteiger partial charge is 0.472 e. The van der Waals surface area contributed by atoms with Gasteiger partial charge in [-0.1, -0.05) is 0 Å². The molecule has 0 unspecified atom stereocenters. The quantitative estimate of drug-likeness (QED) is 0.355. The van der Waals surface area contributed by atoms with Crippen molar-refractivity contribution in [1.29, 1.82) is 0 Å². The lowest BCUT2D eigenvalue weighted by Crippen LogP contribution is -2.29. The first kappa shape index (κ1) is 13.0. The molecule has 0 amide bonds. The number of phosphoric acid groups is 1. The molecule has 1 aliphatic heterocycles. The third-order valence-corrected chi connectivity index (χ3v) is 2.44. The fourth-order valence-corrected chi connectivity index (χ4v) is 1.72. The molecule has 1 saturated heterocycles. The topological polar surface area (TPSA) is 137 Å². The Kier molecular flexibility index (Phi) is 4.21. The third-order valence-electron chi connectivity index (χ3n) is 1.95. The Morgan fingerprint density at radius 1 is 1.53 bits per heavy atom. The Morgan fingerprint density at radius 2 is 2.13 bits per heavy atom. The van der Waals surface area contributed by atoms with E-state index in [9.17, 15) is 9.67 Å². The highest BCUT2D eigenvalue weighted by Crippen LogP contribution is 2.41. The minimum atomic E-state index is -4.75. The molecule has 0 bridgehead atoms. The zero-order chi connectivity index (χ0) is 11.6. The first-order valence-electron chi connectivity index (χ1n) is 4.20. The summed E-state index contributed by atoms with van der Waals surface area (Å²) in [6.07, 6.45) is -4.92.